The summed E-state index contributed by atoms with van der Waals surface area (Å²) in [7, 11) is 1.57. The number of carbonyl (C=O) groups excluding carboxylic acids is 2. The van der Waals surface area contributed by atoms with Crippen LogP contribution in [0.5, 0.6) is 5.75 Å². The maximum absolute atomic E-state index is 13.5. The first-order valence-electron chi connectivity index (χ1n) is 7.62. The molecule has 0 saturated heterocycles. The molecule has 0 aromatic heterocycles. The molecule has 2 rings (SSSR count). The monoisotopic (exact) mass is 348 g/mol. The highest BCUT2D eigenvalue weighted by atomic mass is 19.1. The summed E-state index contributed by atoms with van der Waals surface area (Å²) >= 11 is 0. The molecule has 0 heterocycles. The smallest absolute Gasteiger partial charge is 0.254 e. The van der Waals surface area contributed by atoms with Crippen molar-refractivity contribution in [3.05, 3.63) is 65.7 Å². The molecule has 0 bridgehead atoms. The summed E-state index contributed by atoms with van der Waals surface area (Å²) < 4.78 is 31.8. The van der Waals surface area contributed by atoms with Crippen molar-refractivity contribution in [2.45, 2.75) is 0 Å². The molecule has 1 N–H and O–H groups in total. The molecule has 7 heteroatoms. The third-order valence-corrected chi connectivity index (χ3v) is 3.44. The van der Waals surface area contributed by atoms with Crippen LogP contribution in [0.15, 0.2) is 48.5 Å². The minimum Gasteiger partial charge on any atom is -0.492 e. The molecule has 25 heavy (non-hydrogen) atoms. The van der Waals surface area contributed by atoms with Crippen LogP contribution in [-0.4, -0.2) is 43.5 Å². The Balaban J connectivity index is 1.76. The Morgan fingerprint density at radius 3 is 2.52 bits per heavy atom. The lowest BCUT2D eigenvalue weighted by Crippen LogP contribution is -2.40. The van der Waals surface area contributed by atoms with E-state index in [1.54, 1.807) is 19.2 Å². The fourth-order valence-electron chi connectivity index (χ4n) is 2.00. The summed E-state index contributed by atoms with van der Waals surface area (Å²) in [4.78, 5) is 25.2. The van der Waals surface area contributed by atoms with Gasteiger partial charge < -0.3 is 15.0 Å². The van der Waals surface area contributed by atoms with Crippen LogP contribution < -0.4 is 10.1 Å². The number of halogens is 2. The number of amides is 2. The van der Waals surface area contributed by atoms with E-state index >= 15 is 0 Å². The Morgan fingerprint density at radius 1 is 1.12 bits per heavy atom. The molecule has 0 radical (unpaired) electrons. The van der Waals surface area contributed by atoms with Gasteiger partial charge in [-0.25, -0.2) is 8.78 Å². The van der Waals surface area contributed by atoms with Crippen LogP contribution in [0, 0.1) is 11.6 Å². The largest absolute Gasteiger partial charge is 0.492 e. The standard InChI is InChI=1S/C18H18F2N2O3/c1-22(9-10-25-14-5-3-2-4-6-14)17(23)12-21-18(24)15-8-7-13(19)11-16(15)20/h2-8,11H,9-10,12H2,1H3,(H,21,24). The zero-order chi connectivity index (χ0) is 18.2. The lowest BCUT2D eigenvalue weighted by atomic mass is 10.2. The van der Waals surface area contributed by atoms with E-state index in [1.165, 1.54) is 4.90 Å². The van der Waals surface area contributed by atoms with Gasteiger partial charge in [0.2, 0.25) is 5.91 Å². The van der Waals surface area contributed by atoms with Crippen LogP contribution in [0.1, 0.15) is 10.4 Å². The zero-order valence-electron chi connectivity index (χ0n) is 13.7. The molecule has 5 nitrogen and oxygen atoms in total. The highest BCUT2D eigenvalue weighted by Gasteiger charge is 2.15. The van der Waals surface area contributed by atoms with Gasteiger partial charge in [-0.05, 0) is 24.3 Å². The van der Waals surface area contributed by atoms with Crippen LogP contribution in [0.4, 0.5) is 8.78 Å². The summed E-state index contributed by atoms with van der Waals surface area (Å²) in [6.45, 7) is 0.332. The number of nitrogens with one attached hydrogen (secondary N) is 1. The molecule has 2 aromatic carbocycles. The summed E-state index contributed by atoms with van der Waals surface area (Å²) in [5.41, 5.74) is -0.315. The Labute approximate surface area is 144 Å². The van der Waals surface area contributed by atoms with Crippen molar-refractivity contribution in [3.63, 3.8) is 0 Å². The van der Waals surface area contributed by atoms with Crippen molar-refractivity contribution in [1.82, 2.24) is 10.2 Å². The first kappa shape index (κ1) is 18.4. The first-order chi connectivity index (χ1) is 12.0. The Hall–Kier alpha value is -2.96. The summed E-state index contributed by atoms with van der Waals surface area (Å²) in [5.74, 6) is -2.19. The molecular weight excluding hydrogens is 330 g/mol. The molecule has 2 aromatic rings. The normalized spacial score (nSPS) is 10.2. The third kappa shape index (κ3) is 5.56. The van der Waals surface area contributed by atoms with Crippen LogP contribution >= 0.6 is 0 Å². The van der Waals surface area contributed by atoms with E-state index in [0.717, 1.165) is 12.1 Å². The predicted octanol–water partition coefficient (Wildman–Crippen LogP) is 2.23. The van der Waals surface area contributed by atoms with Gasteiger partial charge in [-0.2, -0.15) is 0 Å². The second-order valence-corrected chi connectivity index (χ2v) is 5.28. The van der Waals surface area contributed by atoms with E-state index in [0.29, 0.717) is 25.0 Å². The van der Waals surface area contributed by atoms with E-state index in [4.69, 9.17) is 4.74 Å². The number of rotatable bonds is 7. The fraction of sp³-hybridized carbons (Fsp3) is 0.222. The highest BCUT2D eigenvalue weighted by molar-refractivity contribution is 5.96. The summed E-state index contributed by atoms with van der Waals surface area (Å²) in [6, 6.07) is 11.8. The lowest BCUT2D eigenvalue weighted by molar-refractivity contribution is -0.129. The van der Waals surface area contributed by atoms with Crippen molar-refractivity contribution in [3.8, 4) is 5.75 Å². The van der Waals surface area contributed by atoms with E-state index in [-0.39, 0.29) is 18.0 Å². The number of para-hydroxylation sites is 1. The Kier molecular flexibility index (Phi) is 6.45. The van der Waals surface area contributed by atoms with Gasteiger partial charge in [-0.3, -0.25) is 9.59 Å². The lowest BCUT2D eigenvalue weighted by Gasteiger charge is -2.18. The zero-order valence-corrected chi connectivity index (χ0v) is 13.7. The summed E-state index contributed by atoms with van der Waals surface area (Å²) in [5, 5.41) is 2.31. The molecule has 0 aliphatic carbocycles. The predicted molar refractivity (Wildman–Crippen MR) is 88.3 cm³/mol. The van der Waals surface area contributed by atoms with Gasteiger partial charge in [0.25, 0.3) is 5.91 Å². The molecule has 0 atom stereocenters. The van der Waals surface area contributed by atoms with E-state index in [1.807, 2.05) is 18.2 Å². The van der Waals surface area contributed by atoms with Crippen molar-refractivity contribution in [1.29, 1.82) is 0 Å². The Morgan fingerprint density at radius 2 is 1.84 bits per heavy atom. The Bertz CT molecular complexity index is 738. The van der Waals surface area contributed by atoms with Crippen LogP contribution in [-0.2, 0) is 4.79 Å². The van der Waals surface area contributed by atoms with Crippen LogP contribution in [0.2, 0.25) is 0 Å². The quantitative estimate of drug-likeness (QED) is 0.835. The average molecular weight is 348 g/mol. The van der Waals surface area contributed by atoms with Gasteiger partial charge in [0.1, 0.15) is 24.0 Å². The average Bonchev–Trinajstić information content (AvgIpc) is 2.60. The SMILES string of the molecule is CN(CCOc1ccccc1)C(=O)CNC(=O)c1ccc(F)cc1F. The molecule has 2 amide bonds. The number of benzene rings is 2. The number of hydrogen-bond acceptors (Lipinski definition) is 3. The van der Waals surface area contributed by atoms with Gasteiger partial charge >= 0.3 is 0 Å². The van der Waals surface area contributed by atoms with E-state index in [9.17, 15) is 18.4 Å². The van der Waals surface area contributed by atoms with Crippen molar-refractivity contribution >= 4 is 11.8 Å². The van der Waals surface area contributed by atoms with Crippen molar-refractivity contribution in [2.24, 2.45) is 0 Å². The van der Waals surface area contributed by atoms with Gasteiger partial charge in [0.15, 0.2) is 0 Å². The molecule has 0 saturated carbocycles. The molecule has 0 fully saturated rings. The fourth-order valence-corrected chi connectivity index (χ4v) is 2.00. The molecule has 0 aliphatic rings. The van der Waals surface area contributed by atoms with E-state index in [2.05, 4.69) is 5.32 Å². The number of hydrogen-bond donors (Lipinski definition) is 1. The van der Waals surface area contributed by atoms with Crippen molar-refractivity contribution < 1.29 is 23.1 Å². The van der Waals surface area contributed by atoms with Gasteiger partial charge in [0, 0.05) is 13.1 Å². The molecular formula is C18H18F2N2O3. The molecule has 0 aliphatic heterocycles. The van der Waals surface area contributed by atoms with Gasteiger partial charge in [-0.15, -0.1) is 0 Å². The second kappa shape index (κ2) is 8.77. The van der Waals surface area contributed by atoms with Gasteiger partial charge in [0.05, 0.1) is 18.7 Å². The number of carbonyl (C=O) groups is 2. The second-order valence-electron chi connectivity index (χ2n) is 5.28. The number of ether oxygens (including phenoxy) is 1. The number of likely N-dealkylation sites (N-methyl/N-ethyl adjacent to an activating group) is 1. The highest BCUT2D eigenvalue weighted by Crippen LogP contribution is 2.09. The molecule has 0 unspecified atom stereocenters. The number of nitrogens with zero attached hydrogens (tertiary/aromatic N) is 1. The van der Waals surface area contributed by atoms with Crippen LogP contribution in [0.25, 0.3) is 0 Å². The van der Waals surface area contributed by atoms with Crippen LogP contribution in [0.3, 0.4) is 0 Å². The topological polar surface area (TPSA) is 58.6 Å². The van der Waals surface area contributed by atoms with Gasteiger partial charge in [-0.1, -0.05) is 18.2 Å². The molecule has 0 spiro atoms. The summed E-state index contributed by atoms with van der Waals surface area (Å²) in [6.07, 6.45) is 0. The minimum absolute atomic E-state index is 0.294. The maximum atomic E-state index is 13.5. The molecule has 132 valence electrons. The third-order valence-electron chi connectivity index (χ3n) is 3.44. The minimum atomic E-state index is -0.977. The first-order valence-corrected chi connectivity index (χ1v) is 7.62. The maximum Gasteiger partial charge on any atom is 0.254 e. The van der Waals surface area contributed by atoms with E-state index < -0.39 is 17.5 Å². The van der Waals surface area contributed by atoms with Crippen molar-refractivity contribution in [2.75, 3.05) is 26.7 Å².